The number of carbonyl (C=O) groups is 1. The van der Waals surface area contributed by atoms with Crippen LogP contribution in [0.5, 0.6) is 0 Å². The third kappa shape index (κ3) is 6.12. The Morgan fingerprint density at radius 2 is 2.00 bits per heavy atom. The van der Waals surface area contributed by atoms with E-state index in [1.54, 1.807) is 30.3 Å². The number of nitrogens with zero attached hydrogens (tertiary/aromatic N) is 1. The second kappa shape index (κ2) is 9.70. The van der Waals surface area contributed by atoms with Crippen LogP contribution in [-0.4, -0.2) is 55.5 Å². The summed E-state index contributed by atoms with van der Waals surface area (Å²) in [6.07, 6.45) is 3.92. The number of hydrogen-bond donors (Lipinski definition) is 2. The van der Waals surface area contributed by atoms with E-state index in [9.17, 15) is 13.2 Å². The van der Waals surface area contributed by atoms with Gasteiger partial charge in [0.05, 0.1) is 24.5 Å². The Bertz CT molecular complexity index is 698. The molecule has 2 rings (SSSR count). The van der Waals surface area contributed by atoms with Crippen molar-refractivity contribution >= 4 is 16.1 Å². The van der Waals surface area contributed by atoms with Crippen LogP contribution in [0.1, 0.15) is 31.4 Å². The number of benzene rings is 1. The number of amides is 1. The maximum atomic E-state index is 12.8. The van der Waals surface area contributed by atoms with Crippen molar-refractivity contribution in [1.29, 1.82) is 0 Å². The summed E-state index contributed by atoms with van der Waals surface area (Å²) in [6.45, 7) is 3.23. The first-order valence-electron chi connectivity index (χ1n) is 8.67. The highest BCUT2D eigenvalue weighted by molar-refractivity contribution is 7.89. The highest BCUT2D eigenvalue weighted by Gasteiger charge is 2.31. The first kappa shape index (κ1) is 20.4. The van der Waals surface area contributed by atoms with Crippen molar-refractivity contribution in [1.82, 2.24) is 9.62 Å². The quantitative estimate of drug-likeness (QED) is 0.673. The second-order valence-corrected chi connectivity index (χ2v) is 8.21. The van der Waals surface area contributed by atoms with Crippen LogP contribution in [0.4, 0.5) is 4.79 Å². The Morgan fingerprint density at radius 1 is 1.35 bits per heavy atom. The molecule has 0 spiro atoms. The van der Waals surface area contributed by atoms with Gasteiger partial charge in [0.25, 0.3) is 0 Å². The van der Waals surface area contributed by atoms with Gasteiger partial charge in [0.2, 0.25) is 10.0 Å². The maximum absolute atomic E-state index is 12.8. The van der Waals surface area contributed by atoms with Gasteiger partial charge in [-0.25, -0.2) is 17.5 Å². The van der Waals surface area contributed by atoms with Gasteiger partial charge < -0.3 is 15.2 Å². The number of allylic oxidation sites excluding steroid dienone is 1. The molecule has 1 aromatic carbocycles. The summed E-state index contributed by atoms with van der Waals surface area (Å²) in [4.78, 5) is 11.1. The van der Waals surface area contributed by atoms with Gasteiger partial charge in [0, 0.05) is 13.1 Å². The highest BCUT2D eigenvalue weighted by Crippen LogP contribution is 2.21. The number of sulfonamides is 1. The highest BCUT2D eigenvalue weighted by atomic mass is 32.2. The molecule has 0 radical (unpaired) electrons. The van der Waals surface area contributed by atoms with Crippen LogP contribution in [0.3, 0.4) is 0 Å². The monoisotopic (exact) mass is 382 g/mol. The largest absolute Gasteiger partial charge is 0.465 e. The van der Waals surface area contributed by atoms with Gasteiger partial charge >= 0.3 is 6.09 Å². The van der Waals surface area contributed by atoms with Gasteiger partial charge in [-0.05, 0) is 25.3 Å². The number of nitrogens with one attached hydrogen (secondary N) is 1. The predicted octanol–water partition coefficient (Wildman–Crippen LogP) is 2.38. The van der Waals surface area contributed by atoms with Crippen molar-refractivity contribution in [3.8, 4) is 0 Å². The molecule has 1 heterocycles. The summed E-state index contributed by atoms with van der Waals surface area (Å²) in [5, 5.41) is 11.4. The van der Waals surface area contributed by atoms with E-state index in [4.69, 9.17) is 9.84 Å². The normalized spacial score (nSPS) is 18.0. The molecule has 0 saturated carbocycles. The molecule has 1 aliphatic heterocycles. The van der Waals surface area contributed by atoms with E-state index in [0.29, 0.717) is 38.1 Å². The van der Waals surface area contributed by atoms with Crippen molar-refractivity contribution in [2.24, 2.45) is 0 Å². The van der Waals surface area contributed by atoms with Crippen LogP contribution >= 0.6 is 0 Å². The fourth-order valence-electron chi connectivity index (χ4n) is 2.94. The molecular weight excluding hydrogens is 356 g/mol. The summed E-state index contributed by atoms with van der Waals surface area (Å²) in [5.74, 6) is -0.298. The molecule has 1 atom stereocenters. The van der Waals surface area contributed by atoms with Crippen LogP contribution in [0, 0.1) is 0 Å². The molecule has 0 unspecified atom stereocenters. The molecule has 0 aromatic heterocycles. The van der Waals surface area contributed by atoms with Crippen molar-refractivity contribution in [2.45, 2.75) is 31.9 Å². The molecule has 26 heavy (non-hydrogen) atoms. The third-order valence-corrected chi connectivity index (χ3v) is 6.24. The van der Waals surface area contributed by atoms with Gasteiger partial charge in [-0.15, -0.1) is 0 Å². The molecule has 1 aliphatic rings. The van der Waals surface area contributed by atoms with E-state index in [0.717, 1.165) is 0 Å². The van der Waals surface area contributed by atoms with Gasteiger partial charge in [-0.3, -0.25) is 0 Å². The molecule has 2 N–H and O–H groups in total. The van der Waals surface area contributed by atoms with Crippen LogP contribution in [-0.2, 0) is 14.8 Å². The van der Waals surface area contributed by atoms with E-state index in [2.05, 4.69) is 5.32 Å². The van der Waals surface area contributed by atoms with Gasteiger partial charge in [0.1, 0.15) is 0 Å². The average molecular weight is 382 g/mol. The van der Waals surface area contributed by atoms with E-state index in [1.807, 2.05) is 19.1 Å². The van der Waals surface area contributed by atoms with E-state index >= 15 is 0 Å². The zero-order chi connectivity index (χ0) is 19.0. The van der Waals surface area contributed by atoms with Crippen molar-refractivity contribution in [3.63, 3.8) is 0 Å². The number of carboxylic acid groups (broad SMARTS) is 1. The topological polar surface area (TPSA) is 95.9 Å². The lowest BCUT2D eigenvalue weighted by molar-refractivity contribution is 0.0380. The van der Waals surface area contributed by atoms with Crippen LogP contribution in [0.25, 0.3) is 0 Å². The molecule has 0 bridgehead atoms. The molecule has 0 aliphatic carbocycles. The smallest absolute Gasteiger partial charge is 0.405 e. The summed E-state index contributed by atoms with van der Waals surface area (Å²) < 4.78 is 32.6. The van der Waals surface area contributed by atoms with Gasteiger partial charge in [0.15, 0.2) is 0 Å². The summed E-state index contributed by atoms with van der Waals surface area (Å²) >= 11 is 0. The molecule has 1 aromatic rings. The molecule has 7 nitrogen and oxygen atoms in total. The second-order valence-electron chi connectivity index (χ2n) is 6.19. The Balaban J connectivity index is 1.99. The summed E-state index contributed by atoms with van der Waals surface area (Å²) in [6, 6.07) is 7.95. The van der Waals surface area contributed by atoms with Crippen molar-refractivity contribution < 1.29 is 23.1 Å². The first-order valence-corrected chi connectivity index (χ1v) is 10.3. The summed E-state index contributed by atoms with van der Waals surface area (Å²) in [7, 11) is -3.59. The standard InChI is InChI=1S/C18H26N2O5S/c1-2-3-13-25-16-9-11-20(12-10-16)26(23,24)14-17(19-18(21)22)15-7-5-4-6-8-15/h2-8,16-17,19H,9-14H2,1H3,(H,21,22)/t17-/m0/s1. The zero-order valence-corrected chi connectivity index (χ0v) is 15.7. The number of ether oxygens (including phenoxy) is 1. The molecule has 144 valence electrons. The number of rotatable bonds is 8. The minimum Gasteiger partial charge on any atom is -0.465 e. The SMILES string of the molecule is CC=CCOC1CCN(S(=O)(=O)C[C@H](NC(=O)O)c2ccccc2)CC1. The maximum Gasteiger partial charge on any atom is 0.405 e. The molecular formula is C18H26N2O5S. The molecule has 1 saturated heterocycles. The zero-order valence-electron chi connectivity index (χ0n) is 14.9. The minimum absolute atomic E-state index is 0.0553. The molecule has 8 heteroatoms. The Hall–Kier alpha value is -1.90. The minimum atomic E-state index is -3.59. The summed E-state index contributed by atoms with van der Waals surface area (Å²) in [5.41, 5.74) is 0.628. The third-order valence-electron chi connectivity index (χ3n) is 4.34. The van der Waals surface area contributed by atoms with Crippen LogP contribution < -0.4 is 5.32 Å². The van der Waals surface area contributed by atoms with Gasteiger partial charge in [-0.1, -0.05) is 42.5 Å². The van der Waals surface area contributed by atoms with E-state index in [1.165, 1.54) is 4.31 Å². The lowest BCUT2D eigenvalue weighted by Gasteiger charge is -2.32. The fourth-order valence-corrected chi connectivity index (χ4v) is 4.61. The fraction of sp³-hybridized carbons (Fsp3) is 0.500. The average Bonchev–Trinajstić information content (AvgIpc) is 2.62. The molecule has 1 amide bonds. The van der Waals surface area contributed by atoms with Gasteiger partial charge in [-0.2, -0.15) is 0 Å². The number of piperidine rings is 1. The van der Waals surface area contributed by atoms with E-state index < -0.39 is 22.2 Å². The van der Waals surface area contributed by atoms with Crippen LogP contribution in [0.2, 0.25) is 0 Å². The van der Waals surface area contributed by atoms with Crippen molar-refractivity contribution in [2.75, 3.05) is 25.4 Å². The Kier molecular flexibility index (Phi) is 7.62. The number of hydrogen-bond acceptors (Lipinski definition) is 4. The van der Waals surface area contributed by atoms with Crippen LogP contribution in [0.15, 0.2) is 42.5 Å². The van der Waals surface area contributed by atoms with E-state index in [-0.39, 0.29) is 11.9 Å². The lowest BCUT2D eigenvalue weighted by Crippen LogP contribution is -2.44. The first-order chi connectivity index (χ1) is 12.4. The molecule has 1 fully saturated rings. The Morgan fingerprint density at radius 3 is 2.58 bits per heavy atom. The predicted molar refractivity (Wildman–Crippen MR) is 99.5 cm³/mol. The lowest BCUT2D eigenvalue weighted by atomic mass is 10.1. The van der Waals surface area contributed by atoms with Crippen molar-refractivity contribution in [3.05, 3.63) is 48.0 Å². The Labute approximate surface area is 154 Å².